The van der Waals surface area contributed by atoms with E-state index in [1.807, 2.05) is 20.8 Å². The molecule has 2 atom stereocenters. The van der Waals surface area contributed by atoms with Gasteiger partial charge in [-0.15, -0.1) is 0 Å². The van der Waals surface area contributed by atoms with Crippen LogP contribution < -0.4 is 5.32 Å². The van der Waals surface area contributed by atoms with E-state index in [4.69, 9.17) is 0 Å². The Morgan fingerprint density at radius 2 is 1.78 bits per heavy atom. The summed E-state index contributed by atoms with van der Waals surface area (Å²) in [5, 5.41) is 20.0. The van der Waals surface area contributed by atoms with Crippen molar-refractivity contribution < 1.29 is 18.7 Å². The highest BCUT2D eigenvalue weighted by atomic mass is 19.1. The van der Waals surface area contributed by atoms with Crippen LogP contribution in [0.1, 0.15) is 44.1 Å². The smallest absolute Gasteiger partial charge is 0.405 e. The molecule has 0 saturated carbocycles. The molecule has 2 aromatic carbocycles. The number of fused-ring (bicyclic) bond motifs is 1. The Kier molecular flexibility index (Phi) is 5.41. The summed E-state index contributed by atoms with van der Waals surface area (Å²) in [6.45, 7) is 5.98. The van der Waals surface area contributed by atoms with Crippen LogP contribution in [-0.2, 0) is 0 Å². The van der Waals surface area contributed by atoms with Crippen molar-refractivity contribution in [1.82, 2.24) is 25.5 Å². The second-order valence-electron chi connectivity index (χ2n) is 8.76. The number of H-pyrrole nitrogens is 2. The summed E-state index contributed by atoms with van der Waals surface area (Å²) in [7, 11) is 0. The van der Waals surface area contributed by atoms with Gasteiger partial charge >= 0.3 is 6.09 Å². The minimum Gasteiger partial charge on any atom is -0.465 e. The topological polar surface area (TPSA) is 107 Å². The first kappa shape index (κ1) is 21.5. The minimum atomic E-state index is -1.21. The molecule has 4 N–H and O–H groups in total. The Hall–Kier alpha value is -3.75. The van der Waals surface area contributed by atoms with Gasteiger partial charge in [-0.1, -0.05) is 20.8 Å². The van der Waals surface area contributed by atoms with Crippen LogP contribution in [0.25, 0.3) is 22.3 Å². The maximum absolute atomic E-state index is 13.7. The van der Waals surface area contributed by atoms with Gasteiger partial charge in [0.2, 0.25) is 0 Å². The first-order valence-electron chi connectivity index (χ1n) is 10.1. The van der Waals surface area contributed by atoms with Crippen molar-refractivity contribution in [1.29, 1.82) is 0 Å². The number of carboxylic acid groups (broad SMARTS) is 1. The van der Waals surface area contributed by atoms with Crippen LogP contribution in [0, 0.1) is 17.0 Å². The zero-order valence-electron chi connectivity index (χ0n) is 17.8. The number of halogens is 2. The van der Waals surface area contributed by atoms with E-state index in [1.54, 1.807) is 24.4 Å². The summed E-state index contributed by atoms with van der Waals surface area (Å²) in [4.78, 5) is 19.3. The van der Waals surface area contributed by atoms with Crippen molar-refractivity contribution in [3.05, 3.63) is 71.7 Å². The van der Waals surface area contributed by atoms with Gasteiger partial charge in [-0.2, -0.15) is 5.10 Å². The fourth-order valence-electron chi connectivity index (χ4n) is 4.11. The third-order valence-corrected chi connectivity index (χ3v) is 5.46. The van der Waals surface area contributed by atoms with Crippen LogP contribution in [0.5, 0.6) is 0 Å². The van der Waals surface area contributed by atoms with Crippen molar-refractivity contribution in [3.63, 3.8) is 0 Å². The summed E-state index contributed by atoms with van der Waals surface area (Å²) < 4.78 is 27.0. The standard InChI is InChI=1S/C23H23F2N5O2/c1-23(2,3)18(16-11-26-17-10-14(25)8-9-15(16)17)19(27-22(31)32)21-28-20(29-30-21)12-4-6-13(24)7-5-12/h4-11,18-19,26-27H,1-3H3,(H,31,32)(H,28,29,30). The van der Waals surface area contributed by atoms with Crippen LogP contribution >= 0.6 is 0 Å². The molecule has 0 fully saturated rings. The maximum atomic E-state index is 13.7. The van der Waals surface area contributed by atoms with Crippen LogP contribution in [0.2, 0.25) is 0 Å². The Bertz CT molecular complexity index is 1260. The van der Waals surface area contributed by atoms with Crippen LogP contribution in [-0.4, -0.2) is 31.4 Å². The fraction of sp³-hybridized carbons (Fsp3) is 0.261. The highest BCUT2D eigenvalue weighted by molar-refractivity contribution is 5.84. The lowest BCUT2D eigenvalue weighted by molar-refractivity contribution is 0.177. The van der Waals surface area contributed by atoms with Gasteiger partial charge in [-0.25, -0.2) is 18.6 Å². The van der Waals surface area contributed by atoms with E-state index < -0.39 is 17.6 Å². The molecule has 7 nitrogen and oxygen atoms in total. The Morgan fingerprint density at radius 1 is 1.09 bits per heavy atom. The lowest BCUT2D eigenvalue weighted by atomic mass is 9.72. The quantitative estimate of drug-likeness (QED) is 0.335. The van der Waals surface area contributed by atoms with E-state index in [2.05, 4.69) is 25.5 Å². The van der Waals surface area contributed by atoms with Crippen molar-refractivity contribution in [2.24, 2.45) is 5.41 Å². The number of aromatic nitrogens is 4. The molecule has 0 aliphatic carbocycles. The van der Waals surface area contributed by atoms with Gasteiger partial charge < -0.3 is 15.4 Å². The zero-order valence-corrected chi connectivity index (χ0v) is 17.8. The largest absolute Gasteiger partial charge is 0.465 e. The molecule has 1 amide bonds. The van der Waals surface area contributed by atoms with Gasteiger partial charge in [-0.3, -0.25) is 5.10 Å². The average molecular weight is 439 g/mol. The summed E-state index contributed by atoms with van der Waals surface area (Å²) >= 11 is 0. The van der Waals surface area contributed by atoms with E-state index in [9.17, 15) is 18.7 Å². The van der Waals surface area contributed by atoms with E-state index in [1.165, 1.54) is 24.3 Å². The van der Waals surface area contributed by atoms with Gasteiger partial charge in [-0.05, 0) is 53.4 Å². The number of amides is 1. The molecule has 0 aliphatic rings. The predicted molar refractivity (Wildman–Crippen MR) is 116 cm³/mol. The number of nitrogens with one attached hydrogen (secondary N) is 3. The minimum absolute atomic E-state index is 0.322. The van der Waals surface area contributed by atoms with E-state index in [0.717, 1.165) is 10.9 Å². The molecule has 32 heavy (non-hydrogen) atoms. The van der Waals surface area contributed by atoms with Crippen molar-refractivity contribution in [2.75, 3.05) is 0 Å². The van der Waals surface area contributed by atoms with Gasteiger partial charge in [0.05, 0.1) is 6.04 Å². The number of hydrogen-bond donors (Lipinski definition) is 4. The molecule has 2 aromatic heterocycles. The second kappa shape index (κ2) is 8.07. The molecule has 4 aromatic rings. The summed E-state index contributed by atoms with van der Waals surface area (Å²) in [6, 6.07) is 9.40. The SMILES string of the molecule is CC(C)(C)C(c1c[nH]c2cc(F)ccc12)C(NC(=O)O)c1nc(-c2ccc(F)cc2)n[nH]1. The normalized spacial score (nSPS) is 13.8. The molecule has 0 spiro atoms. The number of rotatable bonds is 5. The molecular weight excluding hydrogens is 416 g/mol. The molecule has 0 radical (unpaired) electrons. The first-order valence-corrected chi connectivity index (χ1v) is 10.1. The van der Waals surface area contributed by atoms with Crippen LogP contribution in [0.4, 0.5) is 13.6 Å². The molecule has 2 heterocycles. The number of hydrogen-bond acceptors (Lipinski definition) is 3. The number of aromatic amines is 2. The molecule has 0 bridgehead atoms. The van der Waals surface area contributed by atoms with Gasteiger partial charge in [0.15, 0.2) is 5.82 Å². The fourth-order valence-corrected chi connectivity index (χ4v) is 4.11. The van der Waals surface area contributed by atoms with Gasteiger partial charge in [0, 0.05) is 28.6 Å². The molecule has 2 unspecified atom stereocenters. The lowest BCUT2D eigenvalue weighted by Crippen LogP contribution is -2.37. The molecule has 0 saturated heterocycles. The molecular formula is C23H23F2N5O2. The molecule has 9 heteroatoms. The monoisotopic (exact) mass is 439 g/mol. The van der Waals surface area contributed by atoms with Crippen molar-refractivity contribution in [2.45, 2.75) is 32.7 Å². The predicted octanol–water partition coefficient (Wildman–Crippen LogP) is 5.37. The van der Waals surface area contributed by atoms with E-state index in [-0.39, 0.29) is 17.6 Å². The zero-order chi connectivity index (χ0) is 23.0. The summed E-state index contributed by atoms with van der Waals surface area (Å²) in [5.74, 6) is -0.475. The third-order valence-electron chi connectivity index (χ3n) is 5.46. The van der Waals surface area contributed by atoms with Crippen molar-refractivity contribution >= 4 is 17.0 Å². The molecule has 166 valence electrons. The Labute approximate surface area is 182 Å². The Morgan fingerprint density at radius 3 is 2.44 bits per heavy atom. The van der Waals surface area contributed by atoms with E-state index in [0.29, 0.717) is 22.7 Å². The number of benzene rings is 2. The van der Waals surface area contributed by atoms with Crippen LogP contribution in [0.15, 0.2) is 48.7 Å². The second-order valence-corrected chi connectivity index (χ2v) is 8.76. The number of carbonyl (C=O) groups is 1. The summed E-state index contributed by atoms with van der Waals surface area (Å²) in [5.41, 5.74) is 1.62. The van der Waals surface area contributed by atoms with Crippen molar-refractivity contribution in [3.8, 4) is 11.4 Å². The summed E-state index contributed by atoms with van der Waals surface area (Å²) in [6.07, 6.45) is 0.559. The lowest BCUT2D eigenvalue weighted by Gasteiger charge is -2.36. The molecule has 4 rings (SSSR count). The molecule has 0 aliphatic heterocycles. The van der Waals surface area contributed by atoms with E-state index >= 15 is 0 Å². The first-order chi connectivity index (χ1) is 15.1. The van der Waals surface area contributed by atoms with Crippen LogP contribution in [0.3, 0.4) is 0 Å². The highest BCUT2D eigenvalue weighted by Crippen LogP contribution is 2.46. The maximum Gasteiger partial charge on any atom is 0.405 e. The highest BCUT2D eigenvalue weighted by Gasteiger charge is 2.39. The van der Waals surface area contributed by atoms with Gasteiger partial charge in [0.1, 0.15) is 17.5 Å². The Balaban J connectivity index is 1.82. The van der Waals surface area contributed by atoms with Gasteiger partial charge in [0.25, 0.3) is 0 Å². The average Bonchev–Trinajstić information content (AvgIpc) is 3.34. The third kappa shape index (κ3) is 4.18. The number of nitrogens with zero attached hydrogens (tertiary/aromatic N) is 2.